The van der Waals surface area contributed by atoms with E-state index in [2.05, 4.69) is 14.6 Å². The van der Waals surface area contributed by atoms with E-state index >= 15 is 0 Å². The van der Waals surface area contributed by atoms with Crippen molar-refractivity contribution in [3.8, 4) is 10.6 Å². The maximum atomic E-state index is 5.57. The van der Waals surface area contributed by atoms with Gasteiger partial charge in [0.1, 0.15) is 4.88 Å². The standard InChI is InChI=1S/C7H6N4S/c8-7-6(12-11-10-7)5-3-1-2-4-9-5/h1-4H,8H2. The maximum absolute atomic E-state index is 5.57. The van der Waals surface area contributed by atoms with E-state index in [1.54, 1.807) is 6.20 Å². The summed E-state index contributed by atoms with van der Waals surface area (Å²) in [6.45, 7) is 0. The third-order valence-corrected chi connectivity index (χ3v) is 2.17. The molecule has 12 heavy (non-hydrogen) atoms. The fourth-order valence-corrected chi connectivity index (χ4v) is 1.43. The highest BCUT2D eigenvalue weighted by atomic mass is 32.1. The molecule has 2 rings (SSSR count). The van der Waals surface area contributed by atoms with Crippen LogP contribution in [0.15, 0.2) is 24.4 Å². The lowest BCUT2D eigenvalue weighted by atomic mass is 10.3. The second kappa shape index (κ2) is 2.86. The van der Waals surface area contributed by atoms with Crippen LogP contribution in [0.5, 0.6) is 0 Å². The number of aromatic nitrogens is 3. The Balaban J connectivity index is 2.51. The number of hydrogen-bond acceptors (Lipinski definition) is 5. The van der Waals surface area contributed by atoms with Crippen molar-refractivity contribution >= 4 is 17.4 Å². The number of pyridine rings is 1. The van der Waals surface area contributed by atoms with Gasteiger partial charge in [-0.2, -0.15) is 0 Å². The van der Waals surface area contributed by atoms with Gasteiger partial charge >= 0.3 is 0 Å². The van der Waals surface area contributed by atoms with Crippen molar-refractivity contribution in [3.05, 3.63) is 24.4 Å². The second-order valence-electron chi connectivity index (χ2n) is 2.20. The molecule has 0 aliphatic carbocycles. The summed E-state index contributed by atoms with van der Waals surface area (Å²) < 4.78 is 3.72. The van der Waals surface area contributed by atoms with Crippen molar-refractivity contribution in [2.75, 3.05) is 5.73 Å². The molecule has 2 aromatic rings. The van der Waals surface area contributed by atoms with Gasteiger partial charge in [-0.3, -0.25) is 4.98 Å². The average molecular weight is 178 g/mol. The van der Waals surface area contributed by atoms with Gasteiger partial charge in [0.05, 0.1) is 5.69 Å². The largest absolute Gasteiger partial charge is 0.381 e. The van der Waals surface area contributed by atoms with E-state index in [1.807, 2.05) is 18.2 Å². The summed E-state index contributed by atoms with van der Waals surface area (Å²) in [5, 5.41) is 3.70. The predicted octanol–water partition coefficient (Wildman–Crippen LogP) is 1.18. The van der Waals surface area contributed by atoms with Crippen LogP contribution in [0.25, 0.3) is 10.6 Å². The first-order valence-electron chi connectivity index (χ1n) is 3.37. The van der Waals surface area contributed by atoms with Crippen molar-refractivity contribution in [1.29, 1.82) is 0 Å². The van der Waals surface area contributed by atoms with Gasteiger partial charge in [0.2, 0.25) is 0 Å². The summed E-state index contributed by atoms with van der Waals surface area (Å²) >= 11 is 1.25. The van der Waals surface area contributed by atoms with Crippen molar-refractivity contribution in [2.24, 2.45) is 0 Å². The molecular formula is C7H6N4S. The van der Waals surface area contributed by atoms with E-state index < -0.39 is 0 Å². The number of anilines is 1. The van der Waals surface area contributed by atoms with E-state index in [-0.39, 0.29) is 0 Å². The molecule has 0 spiro atoms. The zero-order valence-corrected chi connectivity index (χ0v) is 6.95. The van der Waals surface area contributed by atoms with Crippen LogP contribution in [0.1, 0.15) is 0 Å². The molecule has 2 aromatic heterocycles. The van der Waals surface area contributed by atoms with Crippen LogP contribution in [0, 0.1) is 0 Å². The molecule has 4 nitrogen and oxygen atoms in total. The Labute approximate surface area is 73.2 Å². The van der Waals surface area contributed by atoms with Crippen LogP contribution in [0.4, 0.5) is 5.82 Å². The second-order valence-corrected chi connectivity index (χ2v) is 2.96. The minimum absolute atomic E-state index is 0.443. The van der Waals surface area contributed by atoms with Crippen LogP contribution < -0.4 is 5.73 Å². The fraction of sp³-hybridized carbons (Fsp3) is 0. The lowest BCUT2D eigenvalue weighted by Gasteiger charge is -1.93. The van der Waals surface area contributed by atoms with Crippen molar-refractivity contribution < 1.29 is 0 Å². The molecule has 0 bridgehead atoms. The highest BCUT2D eigenvalue weighted by Crippen LogP contribution is 2.24. The first kappa shape index (κ1) is 7.17. The van der Waals surface area contributed by atoms with Gasteiger partial charge in [0.15, 0.2) is 5.82 Å². The topological polar surface area (TPSA) is 64.7 Å². The molecule has 0 amide bonds. The van der Waals surface area contributed by atoms with Gasteiger partial charge < -0.3 is 5.73 Å². The fourth-order valence-electron chi connectivity index (χ4n) is 0.872. The van der Waals surface area contributed by atoms with Crippen LogP contribution >= 0.6 is 11.5 Å². The monoisotopic (exact) mass is 178 g/mol. The van der Waals surface area contributed by atoms with E-state index in [9.17, 15) is 0 Å². The molecular weight excluding hydrogens is 172 g/mol. The SMILES string of the molecule is Nc1nnsc1-c1ccccn1. The normalized spacial score (nSPS) is 10.0. The molecule has 0 atom stereocenters. The van der Waals surface area contributed by atoms with Crippen LogP contribution in [-0.2, 0) is 0 Å². The molecule has 0 aromatic carbocycles. The van der Waals surface area contributed by atoms with E-state index in [1.165, 1.54) is 11.5 Å². The van der Waals surface area contributed by atoms with E-state index in [4.69, 9.17) is 5.73 Å². The third-order valence-electron chi connectivity index (χ3n) is 1.41. The molecule has 2 heterocycles. The zero-order valence-electron chi connectivity index (χ0n) is 6.14. The highest BCUT2D eigenvalue weighted by Gasteiger charge is 2.06. The number of rotatable bonds is 1. The minimum Gasteiger partial charge on any atom is -0.381 e. The summed E-state index contributed by atoms with van der Waals surface area (Å²) in [6.07, 6.45) is 1.72. The first-order chi connectivity index (χ1) is 5.88. The van der Waals surface area contributed by atoms with Gasteiger partial charge in [0.25, 0.3) is 0 Å². The minimum atomic E-state index is 0.443. The molecule has 0 fully saturated rings. The molecule has 0 unspecified atom stereocenters. The van der Waals surface area contributed by atoms with E-state index in [0.717, 1.165) is 10.6 Å². The number of hydrogen-bond donors (Lipinski definition) is 1. The third kappa shape index (κ3) is 1.14. The predicted molar refractivity (Wildman–Crippen MR) is 47.6 cm³/mol. The number of nitrogen functional groups attached to an aromatic ring is 1. The van der Waals surface area contributed by atoms with Crippen LogP contribution in [-0.4, -0.2) is 14.6 Å². The van der Waals surface area contributed by atoms with Crippen molar-refractivity contribution in [2.45, 2.75) is 0 Å². The molecule has 5 heteroatoms. The summed E-state index contributed by atoms with van der Waals surface area (Å²) in [6, 6.07) is 5.64. The molecule has 60 valence electrons. The molecule has 0 saturated heterocycles. The Morgan fingerprint density at radius 1 is 1.33 bits per heavy atom. The Morgan fingerprint density at radius 3 is 2.83 bits per heavy atom. The maximum Gasteiger partial charge on any atom is 0.168 e. The number of nitrogens with zero attached hydrogens (tertiary/aromatic N) is 3. The summed E-state index contributed by atoms with van der Waals surface area (Å²) in [5.41, 5.74) is 6.39. The van der Waals surface area contributed by atoms with Gasteiger partial charge in [-0.15, -0.1) is 5.10 Å². The molecule has 0 aliphatic rings. The smallest absolute Gasteiger partial charge is 0.168 e. The quantitative estimate of drug-likeness (QED) is 0.712. The molecule has 0 aliphatic heterocycles. The Hall–Kier alpha value is -1.49. The first-order valence-corrected chi connectivity index (χ1v) is 4.14. The Kier molecular flexibility index (Phi) is 1.71. The molecule has 0 saturated carbocycles. The zero-order chi connectivity index (χ0) is 8.39. The average Bonchev–Trinajstić information content (AvgIpc) is 2.53. The van der Waals surface area contributed by atoms with Crippen molar-refractivity contribution in [3.63, 3.8) is 0 Å². The Bertz CT molecular complexity index is 370. The Morgan fingerprint density at radius 2 is 2.25 bits per heavy atom. The van der Waals surface area contributed by atoms with Gasteiger partial charge in [0, 0.05) is 6.20 Å². The summed E-state index contributed by atoms with van der Waals surface area (Å²) in [5.74, 6) is 0.443. The summed E-state index contributed by atoms with van der Waals surface area (Å²) in [7, 11) is 0. The van der Waals surface area contributed by atoms with Gasteiger partial charge in [-0.05, 0) is 23.7 Å². The van der Waals surface area contributed by atoms with Crippen molar-refractivity contribution in [1.82, 2.24) is 14.6 Å². The number of nitrogens with two attached hydrogens (primary N) is 1. The van der Waals surface area contributed by atoms with E-state index in [0.29, 0.717) is 5.82 Å². The van der Waals surface area contributed by atoms with Crippen LogP contribution in [0.2, 0.25) is 0 Å². The summed E-state index contributed by atoms with van der Waals surface area (Å²) in [4.78, 5) is 4.96. The van der Waals surface area contributed by atoms with Crippen LogP contribution in [0.3, 0.4) is 0 Å². The molecule has 0 radical (unpaired) electrons. The van der Waals surface area contributed by atoms with Gasteiger partial charge in [-0.25, -0.2) is 0 Å². The highest BCUT2D eigenvalue weighted by molar-refractivity contribution is 7.09. The lowest BCUT2D eigenvalue weighted by Crippen LogP contribution is -1.88. The van der Waals surface area contributed by atoms with Gasteiger partial charge in [-0.1, -0.05) is 10.6 Å². The molecule has 2 N–H and O–H groups in total. The lowest BCUT2D eigenvalue weighted by molar-refractivity contribution is 1.16.